The summed E-state index contributed by atoms with van der Waals surface area (Å²) in [6.45, 7) is 7.83. The Morgan fingerprint density at radius 2 is 1.58 bits per heavy atom. The fraction of sp³-hybridized carbons (Fsp3) is 0.375. The molecule has 26 heavy (non-hydrogen) atoms. The van der Waals surface area contributed by atoms with Crippen molar-refractivity contribution in [2.45, 2.75) is 27.3 Å². The van der Waals surface area contributed by atoms with Gasteiger partial charge in [0.25, 0.3) is 0 Å². The number of aryl methyl sites for hydroxylation is 2. The summed E-state index contributed by atoms with van der Waals surface area (Å²) in [5.74, 6) is 0. The predicted molar refractivity (Wildman–Crippen MR) is 140 cm³/mol. The standard InChI is InChI=1S/C16H21N3S7/c1-4-17(14(21)22)8-18(15(23)24)7-12-6-10(2)5-11(3)13(12)19(9-20)16(25)26/h5-6,9H,4,7-8H2,1-3H3,(H,21,22)(H,23,24)(H,25,26). The third-order valence-electron chi connectivity index (χ3n) is 3.70. The summed E-state index contributed by atoms with van der Waals surface area (Å²) < 4.78 is 1.38. The molecule has 0 atom stereocenters. The molecule has 0 unspecified atom stereocenters. The van der Waals surface area contributed by atoms with Crippen LogP contribution in [0.15, 0.2) is 12.1 Å². The molecule has 0 aliphatic heterocycles. The zero-order valence-corrected chi connectivity index (χ0v) is 20.6. The normalized spacial score (nSPS) is 10.2. The SMILES string of the molecule is CCN(CN(Cc1cc(C)cc(C)c1N(C=S)C(=S)S)C(=S)S)C(=S)S. The molecule has 0 saturated heterocycles. The first-order chi connectivity index (χ1) is 12.1. The molecule has 142 valence electrons. The lowest BCUT2D eigenvalue weighted by Crippen LogP contribution is -2.40. The molecule has 0 radical (unpaired) electrons. The van der Waals surface area contributed by atoms with Crippen molar-refractivity contribution in [2.24, 2.45) is 0 Å². The van der Waals surface area contributed by atoms with Crippen molar-refractivity contribution < 1.29 is 0 Å². The molecule has 0 aliphatic rings. The van der Waals surface area contributed by atoms with Crippen LogP contribution < -0.4 is 4.90 Å². The Labute approximate surface area is 193 Å². The van der Waals surface area contributed by atoms with Crippen molar-refractivity contribution in [3.8, 4) is 0 Å². The Hall–Kier alpha value is 0.0300. The number of hydrogen-bond donors (Lipinski definition) is 3. The number of benzene rings is 1. The summed E-state index contributed by atoms with van der Waals surface area (Å²) in [5, 5.41) is 0. The lowest BCUT2D eigenvalue weighted by molar-refractivity contribution is 0.287. The van der Waals surface area contributed by atoms with Crippen molar-refractivity contribution in [1.29, 1.82) is 0 Å². The van der Waals surface area contributed by atoms with E-state index in [2.05, 4.69) is 50.0 Å². The smallest absolute Gasteiger partial charge is 0.142 e. The first-order valence-corrected chi connectivity index (χ1v) is 10.7. The highest BCUT2D eigenvalue weighted by atomic mass is 32.1. The van der Waals surface area contributed by atoms with Crippen molar-refractivity contribution >= 4 is 111 Å². The molecule has 3 nitrogen and oxygen atoms in total. The first kappa shape index (κ1) is 24.1. The molecule has 10 heteroatoms. The van der Waals surface area contributed by atoms with Crippen LogP contribution >= 0.6 is 86.8 Å². The maximum Gasteiger partial charge on any atom is 0.142 e. The summed E-state index contributed by atoms with van der Waals surface area (Å²) in [4.78, 5) is 5.60. The molecule has 0 aromatic heterocycles. The van der Waals surface area contributed by atoms with Gasteiger partial charge in [0.05, 0.1) is 17.8 Å². The maximum absolute atomic E-state index is 5.34. The Bertz CT molecular complexity index is 720. The number of hydrogen-bond acceptors (Lipinski definition) is 4. The molecule has 0 fully saturated rings. The average molecular weight is 480 g/mol. The molecule has 0 aliphatic carbocycles. The van der Waals surface area contributed by atoms with Crippen LogP contribution in [0.25, 0.3) is 0 Å². The van der Waals surface area contributed by atoms with Gasteiger partial charge in [-0.2, -0.15) is 0 Å². The van der Waals surface area contributed by atoms with Crippen LogP contribution in [0, 0.1) is 13.8 Å². The fourth-order valence-corrected chi connectivity index (χ4v) is 3.90. The molecule has 1 aromatic carbocycles. The van der Waals surface area contributed by atoms with Gasteiger partial charge in [-0.25, -0.2) is 0 Å². The summed E-state index contributed by atoms with van der Waals surface area (Å²) >= 11 is 33.9. The third-order valence-corrected chi connectivity index (χ3v) is 5.41. The van der Waals surface area contributed by atoms with Gasteiger partial charge in [-0.1, -0.05) is 66.6 Å². The van der Waals surface area contributed by atoms with Gasteiger partial charge >= 0.3 is 0 Å². The van der Waals surface area contributed by atoms with Gasteiger partial charge in [0.15, 0.2) is 0 Å². The van der Waals surface area contributed by atoms with Gasteiger partial charge in [-0.15, -0.1) is 37.9 Å². The molecule has 1 aromatic rings. The van der Waals surface area contributed by atoms with Crippen LogP contribution in [0.4, 0.5) is 5.69 Å². The zero-order valence-electron chi connectivity index (χ0n) is 14.7. The number of rotatable bonds is 7. The van der Waals surface area contributed by atoms with Crippen LogP contribution in [-0.4, -0.2) is 41.5 Å². The summed E-state index contributed by atoms with van der Waals surface area (Å²) in [7, 11) is 0. The van der Waals surface area contributed by atoms with E-state index in [1.165, 1.54) is 5.49 Å². The first-order valence-electron chi connectivity index (χ1n) is 7.65. The molecule has 0 saturated carbocycles. The summed E-state index contributed by atoms with van der Waals surface area (Å²) in [6, 6.07) is 4.18. The molecule has 0 amide bonds. The Kier molecular flexibility index (Phi) is 10.3. The second kappa shape index (κ2) is 11.1. The second-order valence-electron chi connectivity index (χ2n) is 5.61. The molecular weight excluding hydrogens is 459 g/mol. The van der Waals surface area contributed by atoms with Gasteiger partial charge in [-0.3, -0.25) is 4.90 Å². The highest BCUT2D eigenvalue weighted by molar-refractivity contribution is 8.12. The predicted octanol–water partition coefficient (Wildman–Crippen LogP) is 4.79. The van der Waals surface area contributed by atoms with Gasteiger partial charge in [0, 0.05) is 13.1 Å². The molecular formula is C16H21N3S7. The number of anilines is 1. The van der Waals surface area contributed by atoms with Crippen molar-refractivity contribution in [1.82, 2.24) is 9.80 Å². The largest absolute Gasteiger partial charge is 0.340 e. The van der Waals surface area contributed by atoms with E-state index in [1.807, 2.05) is 30.6 Å². The van der Waals surface area contributed by atoms with E-state index >= 15 is 0 Å². The lowest BCUT2D eigenvalue weighted by atomic mass is 10.0. The van der Waals surface area contributed by atoms with Crippen LogP contribution in [0.3, 0.4) is 0 Å². The van der Waals surface area contributed by atoms with Crippen molar-refractivity contribution in [2.75, 3.05) is 18.1 Å². The van der Waals surface area contributed by atoms with E-state index in [0.717, 1.165) is 28.9 Å². The highest BCUT2D eigenvalue weighted by Gasteiger charge is 2.19. The number of thiocarbonyl (C=S) groups is 4. The van der Waals surface area contributed by atoms with Gasteiger partial charge in [0.2, 0.25) is 0 Å². The number of thiol groups is 3. The van der Waals surface area contributed by atoms with Crippen LogP contribution in [-0.2, 0) is 6.54 Å². The third kappa shape index (κ3) is 6.57. The Balaban J connectivity index is 3.35. The van der Waals surface area contributed by atoms with E-state index in [-0.39, 0.29) is 0 Å². The van der Waals surface area contributed by atoms with E-state index in [1.54, 1.807) is 4.90 Å². The molecule has 0 spiro atoms. The topological polar surface area (TPSA) is 9.72 Å². The number of nitrogens with zero attached hydrogens (tertiary/aromatic N) is 3. The van der Waals surface area contributed by atoms with E-state index in [4.69, 9.17) is 48.9 Å². The average Bonchev–Trinajstić information content (AvgIpc) is 2.53. The minimum absolute atomic E-state index is 0.389. The van der Waals surface area contributed by atoms with Crippen LogP contribution in [0.1, 0.15) is 23.6 Å². The molecule has 0 heterocycles. The van der Waals surface area contributed by atoms with E-state index in [0.29, 0.717) is 26.2 Å². The van der Waals surface area contributed by atoms with Gasteiger partial charge in [-0.05, 0) is 31.9 Å². The van der Waals surface area contributed by atoms with Crippen molar-refractivity contribution in [3.05, 3.63) is 28.8 Å². The maximum atomic E-state index is 5.34. The second-order valence-corrected chi connectivity index (χ2v) is 9.16. The molecule has 0 bridgehead atoms. The van der Waals surface area contributed by atoms with Gasteiger partial charge < -0.3 is 9.80 Å². The minimum Gasteiger partial charge on any atom is -0.340 e. The Morgan fingerprint density at radius 1 is 1.00 bits per heavy atom. The van der Waals surface area contributed by atoms with E-state index in [9.17, 15) is 0 Å². The van der Waals surface area contributed by atoms with Crippen LogP contribution in [0.5, 0.6) is 0 Å². The van der Waals surface area contributed by atoms with E-state index < -0.39 is 0 Å². The van der Waals surface area contributed by atoms with Crippen molar-refractivity contribution in [3.63, 3.8) is 0 Å². The molecule has 0 N–H and O–H groups in total. The summed E-state index contributed by atoms with van der Waals surface area (Å²) in [5.41, 5.74) is 5.63. The zero-order chi connectivity index (χ0) is 20.0. The summed E-state index contributed by atoms with van der Waals surface area (Å²) in [6.07, 6.45) is 0. The van der Waals surface area contributed by atoms with Crippen LogP contribution in [0.2, 0.25) is 0 Å². The highest BCUT2D eigenvalue weighted by Crippen LogP contribution is 2.29. The fourth-order valence-electron chi connectivity index (χ4n) is 2.59. The monoisotopic (exact) mass is 479 g/mol. The molecule has 1 rings (SSSR count). The minimum atomic E-state index is 0.389. The Morgan fingerprint density at radius 3 is 2.00 bits per heavy atom. The van der Waals surface area contributed by atoms with Gasteiger partial charge in [0.1, 0.15) is 13.0 Å². The lowest BCUT2D eigenvalue weighted by Gasteiger charge is -2.32. The quantitative estimate of drug-likeness (QED) is 0.291.